The first-order chi connectivity index (χ1) is 8.27. The summed E-state index contributed by atoms with van der Waals surface area (Å²) in [4.78, 5) is 13.4. The fourth-order valence-corrected chi connectivity index (χ4v) is 3.07. The molecule has 17 heavy (non-hydrogen) atoms. The quantitative estimate of drug-likeness (QED) is 0.789. The monoisotopic (exact) mass is 244 g/mol. The van der Waals surface area contributed by atoms with E-state index in [1.165, 1.54) is 0 Å². The van der Waals surface area contributed by atoms with Crippen molar-refractivity contribution in [3.8, 4) is 0 Å². The highest BCUT2D eigenvalue weighted by molar-refractivity contribution is 7.19. The van der Waals surface area contributed by atoms with Crippen molar-refractivity contribution in [3.05, 3.63) is 51.0 Å². The number of benzene rings is 1. The molecule has 0 bridgehead atoms. The molecule has 2 heteroatoms. The highest BCUT2D eigenvalue weighted by Gasteiger charge is 2.08. The molecule has 0 unspecified atom stereocenters. The zero-order valence-electron chi connectivity index (χ0n) is 10.2. The molecule has 1 aromatic heterocycles. The summed E-state index contributed by atoms with van der Waals surface area (Å²) >= 11 is 1.71. The molecule has 0 saturated heterocycles. The van der Waals surface area contributed by atoms with Gasteiger partial charge in [-0.15, -0.1) is 11.3 Å². The Hall–Kier alpha value is -1.41. The van der Waals surface area contributed by atoms with Crippen LogP contribution < -0.4 is 5.43 Å². The average molecular weight is 244 g/mol. The zero-order chi connectivity index (χ0) is 12.3. The number of allylic oxidation sites excluding steroid dienone is 1. The third-order valence-electron chi connectivity index (χ3n) is 2.78. The van der Waals surface area contributed by atoms with Gasteiger partial charge in [-0.1, -0.05) is 32.1 Å². The van der Waals surface area contributed by atoms with Gasteiger partial charge in [0, 0.05) is 20.5 Å². The molecule has 0 radical (unpaired) electrons. The Morgan fingerprint density at radius 1 is 1.24 bits per heavy atom. The van der Waals surface area contributed by atoms with E-state index in [0.29, 0.717) is 0 Å². The molecule has 1 heterocycles. The van der Waals surface area contributed by atoms with Gasteiger partial charge in [-0.2, -0.15) is 0 Å². The molecule has 0 amide bonds. The van der Waals surface area contributed by atoms with Gasteiger partial charge in [-0.05, 0) is 31.1 Å². The normalized spacial score (nSPS) is 11.4. The van der Waals surface area contributed by atoms with E-state index in [-0.39, 0.29) is 5.43 Å². The summed E-state index contributed by atoms with van der Waals surface area (Å²) in [5.74, 6) is 0. The number of fused-ring (bicyclic) bond motifs is 1. The molecule has 0 fully saturated rings. The van der Waals surface area contributed by atoms with Gasteiger partial charge >= 0.3 is 0 Å². The second-order valence-electron chi connectivity index (χ2n) is 3.93. The first kappa shape index (κ1) is 12.1. The van der Waals surface area contributed by atoms with Crippen LogP contribution in [0.3, 0.4) is 0 Å². The third kappa shape index (κ3) is 2.32. The van der Waals surface area contributed by atoms with Gasteiger partial charge in [0.1, 0.15) is 0 Å². The van der Waals surface area contributed by atoms with E-state index >= 15 is 0 Å². The third-order valence-corrected chi connectivity index (χ3v) is 3.96. The van der Waals surface area contributed by atoms with E-state index in [9.17, 15) is 4.79 Å². The van der Waals surface area contributed by atoms with Crippen molar-refractivity contribution in [2.75, 3.05) is 0 Å². The van der Waals surface area contributed by atoms with Gasteiger partial charge in [0.15, 0.2) is 5.43 Å². The van der Waals surface area contributed by atoms with Crippen LogP contribution in [0.4, 0.5) is 0 Å². The highest BCUT2D eigenvalue weighted by Crippen LogP contribution is 2.23. The maximum atomic E-state index is 12.3. The second-order valence-corrected chi connectivity index (χ2v) is 5.02. The van der Waals surface area contributed by atoms with Gasteiger partial charge in [0.2, 0.25) is 0 Å². The van der Waals surface area contributed by atoms with E-state index in [2.05, 4.69) is 19.1 Å². The number of hydrogen-bond acceptors (Lipinski definition) is 2. The standard InChI is InChI=1S/C15H16OS/c1-3-5-9-13-11(4-2)15(16)12-8-6-7-10-14(12)17-13/h5-10H,3-4H2,1-2H3/b9-5-. The molecule has 0 aliphatic rings. The first-order valence-electron chi connectivity index (χ1n) is 5.99. The molecule has 88 valence electrons. The lowest BCUT2D eigenvalue weighted by molar-refractivity contribution is 1.13. The van der Waals surface area contributed by atoms with Gasteiger partial charge in [-0.25, -0.2) is 0 Å². The van der Waals surface area contributed by atoms with Crippen molar-refractivity contribution < 1.29 is 0 Å². The Labute approximate surface area is 105 Å². The van der Waals surface area contributed by atoms with Crippen LogP contribution in [-0.4, -0.2) is 0 Å². The Balaban J connectivity index is 2.75. The molecule has 2 aromatic rings. The summed E-state index contributed by atoms with van der Waals surface area (Å²) in [6.07, 6.45) is 5.98. The van der Waals surface area contributed by atoms with Gasteiger partial charge in [0.05, 0.1) is 0 Å². The molecule has 1 nitrogen and oxygen atoms in total. The van der Waals surface area contributed by atoms with E-state index in [4.69, 9.17) is 0 Å². The summed E-state index contributed by atoms with van der Waals surface area (Å²) < 4.78 is 1.07. The maximum Gasteiger partial charge on any atom is 0.191 e. The average Bonchev–Trinajstić information content (AvgIpc) is 2.36. The topological polar surface area (TPSA) is 17.1 Å². The van der Waals surface area contributed by atoms with Crippen LogP contribution in [0.15, 0.2) is 35.1 Å². The first-order valence-corrected chi connectivity index (χ1v) is 6.80. The lowest BCUT2D eigenvalue weighted by Crippen LogP contribution is -2.09. The smallest absolute Gasteiger partial charge is 0.191 e. The van der Waals surface area contributed by atoms with Crippen molar-refractivity contribution in [3.63, 3.8) is 0 Å². The number of rotatable bonds is 3. The van der Waals surface area contributed by atoms with E-state index < -0.39 is 0 Å². The molecule has 0 aliphatic carbocycles. The molecule has 0 N–H and O–H groups in total. The van der Waals surface area contributed by atoms with Gasteiger partial charge < -0.3 is 0 Å². The summed E-state index contributed by atoms with van der Waals surface area (Å²) in [6, 6.07) is 7.85. The Bertz CT molecular complexity index is 608. The minimum atomic E-state index is 0.192. The maximum absolute atomic E-state index is 12.3. The zero-order valence-corrected chi connectivity index (χ0v) is 11.0. The summed E-state index contributed by atoms with van der Waals surface area (Å²) in [7, 11) is 0. The summed E-state index contributed by atoms with van der Waals surface area (Å²) in [5.41, 5.74) is 1.14. The largest absolute Gasteiger partial charge is 0.289 e. The number of hydrogen-bond donors (Lipinski definition) is 0. The van der Waals surface area contributed by atoms with Crippen molar-refractivity contribution >= 4 is 27.5 Å². The van der Waals surface area contributed by atoms with E-state index in [1.807, 2.05) is 31.2 Å². The van der Waals surface area contributed by atoms with Crippen LogP contribution in [0.25, 0.3) is 16.2 Å². The minimum Gasteiger partial charge on any atom is -0.289 e. The van der Waals surface area contributed by atoms with Crippen molar-refractivity contribution in [1.29, 1.82) is 0 Å². The second kappa shape index (κ2) is 5.28. The Kier molecular flexibility index (Phi) is 3.75. The van der Waals surface area contributed by atoms with Crippen LogP contribution in [0.5, 0.6) is 0 Å². The molecule has 0 saturated carbocycles. The summed E-state index contributed by atoms with van der Waals surface area (Å²) in [5, 5.41) is 0.850. The molecular formula is C15H16OS. The minimum absolute atomic E-state index is 0.192. The van der Waals surface area contributed by atoms with Crippen LogP contribution in [0.2, 0.25) is 0 Å². The lowest BCUT2D eigenvalue weighted by Gasteiger charge is -2.04. The lowest BCUT2D eigenvalue weighted by atomic mass is 10.1. The van der Waals surface area contributed by atoms with Gasteiger partial charge in [0.25, 0.3) is 0 Å². The van der Waals surface area contributed by atoms with Crippen LogP contribution in [0, 0.1) is 0 Å². The predicted octanol–water partition coefficient (Wildman–Crippen LogP) is 4.25. The van der Waals surface area contributed by atoms with Crippen LogP contribution in [0.1, 0.15) is 30.7 Å². The van der Waals surface area contributed by atoms with Crippen molar-refractivity contribution in [2.24, 2.45) is 0 Å². The van der Waals surface area contributed by atoms with Crippen molar-refractivity contribution in [1.82, 2.24) is 0 Å². The van der Waals surface area contributed by atoms with E-state index in [1.54, 1.807) is 11.3 Å². The highest BCUT2D eigenvalue weighted by atomic mass is 32.1. The molecular weight excluding hydrogens is 228 g/mol. The molecule has 0 atom stereocenters. The van der Waals surface area contributed by atoms with Crippen molar-refractivity contribution in [2.45, 2.75) is 26.7 Å². The van der Waals surface area contributed by atoms with Crippen LogP contribution in [-0.2, 0) is 6.42 Å². The summed E-state index contributed by atoms with van der Waals surface area (Å²) in [6.45, 7) is 4.15. The van der Waals surface area contributed by atoms with E-state index in [0.717, 1.165) is 33.4 Å². The fraction of sp³-hybridized carbons (Fsp3) is 0.267. The Morgan fingerprint density at radius 3 is 2.71 bits per heavy atom. The van der Waals surface area contributed by atoms with Crippen LogP contribution >= 0.6 is 11.3 Å². The Morgan fingerprint density at radius 2 is 2.00 bits per heavy atom. The molecule has 0 spiro atoms. The fourth-order valence-electron chi connectivity index (χ4n) is 1.89. The molecule has 0 aliphatic heterocycles. The van der Waals surface area contributed by atoms with Gasteiger partial charge in [-0.3, -0.25) is 4.79 Å². The molecule has 2 rings (SSSR count). The SMILES string of the molecule is CC/C=C\c1sc2ccccc2c(=O)c1CC. The predicted molar refractivity (Wildman–Crippen MR) is 76.8 cm³/mol. The molecule has 1 aromatic carbocycles.